The van der Waals surface area contributed by atoms with Gasteiger partial charge in [-0.3, -0.25) is 9.69 Å². The molecule has 0 radical (unpaired) electrons. The van der Waals surface area contributed by atoms with Gasteiger partial charge in [-0.15, -0.1) is 0 Å². The van der Waals surface area contributed by atoms with Crippen LogP contribution in [0.15, 0.2) is 53.3 Å². The Kier molecular flexibility index (Phi) is 10.6. The largest absolute Gasteiger partial charge is 0.508 e. The Labute approximate surface area is 242 Å². The van der Waals surface area contributed by atoms with Gasteiger partial charge in [0.15, 0.2) is 12.2 Å². The van der Waals surface area contributed by atoms with Crippen LogP contribution in [-0.4, -0.2) is 92.4 Å². The number of fused-ring (bicyclic) bond motifs is 1. The second kappa shape index (κ2) is 14.3. The fourth-order valence-electron chi connectivity index (χ4n) is 4.35. The number of aromatic nitrogens is 1. The van der Waals surface area contributed by atoms with Gasteiger partial charge in [-0.2, -0.15) is 13.2 Å². The molecule has 0 bridgehead atoms. The molecule has 0 aliphatic carbocycles. The molecule has 1 aliphatic rings. The van der Waals surface area contributed by atoms with E-state index in [1.54, 1.807) is 0 Å². The molecule has 3 N–H and O–H groups in total. The number of carbonyl (C=O) groups excluding carboxylic acids is 2. The summed E-state index contributed by atoms with van der Waals surface area (Å²) in [4.78, 5) is 41.4. The summed E-state index contributed by atoms with van der Waals surface area (Å²) in [6, 6.07) is 10.8. The number of ether oxygens (including phenoxy) is 5. The number of pyridine rings is 1. The topological polar surface area (TPSA) is 157 Å². The number of halogens is 3. The van der Waals surface area contributed by atoms with Crippen molar-refractivity contribution in [1.29, 1.82) is 0 Å². The number of cyclic esters (lactones) is 1. The molecule has 2 heterocycles. The van der Waals surface area contributed by atoms with E-state index < -0.39 is 41.8 Å². The number of H-pyrrole nitrogens is 1. The van der Waals surface area contributed by atoms with E-state index in [-0.39, 0.29) is 69.4 Å². The first-order chi connectivity index (χ1) is 20.6. The van der Waals surface area contributed by atoms with E-state index in [1.165, 1.54) is 47.4 Å². The third kappa shape index (κ3) is 8.22. The predicted octanol–water partition coefficient (Wildman–Crippen LogP) is 3.08. The lowest BCUT2D eigenvalue weighted by Crippen LogP contribution is -2.31. The molecule has 1 fully saturated rings. The van der Waals surface area contributed by atoms with E-state index in [0.29, 0.717) is 11.1 Å². The van der Waals surface area contributed by atoms with E-state index in [1.807, 2.05) is 0 Å². The monoisotopic (exact) mass is 610 g/mol. The van der Waals surface area contributed by atoms with Crippen LogP contribution >= 0.6 is 0 Å². The Hall–Kier alpha value is -4.18. The van der Waals surface area contributed by atoms with Crippen LogP contribution in [0, 0.1) is 0 Å². The van der Waals surface area contributed by atoms with Crippen molar-refractivity contribution >= 4 is 28.7 Å². The van der Waals surface area contributed by atoms with Crippen molar-refractivity contribution < 1.29 is 56.7 Å². The summed E-state index contributed by atoms with van der Waals surface area (Å²) in [7, 11) is 0. The number of aromatic amines is 1. The third-order valence-electron chi connectivity index (χ3n) is 6.27. The van der Waals surface area contributed by atoms with Gasteiger partial charge in [-0.05, 0) is 29.7 Å². The van der Waals surface area contributed by atoms with Crippen LogP contribution in [0.2, 0.25) is 0 Å². The van der Waals surface area contributed by atoms with Crippen molar-refractivity contribution in [3.05, 3.63) is 64.4 Å². The van der Waals surface area contributed by atoms with Crippen LogP contribution in [0.4, 0.5) is 28.4 Å². The highest BCUT2D eigenvalue weighted by Gasteiger charge is 2.35. The molecule has 2 aromatic carbocycles. The number of aliphatic hydroxyl groups is 2. The minimum Gasteiger partial charge on any atom is -0.440 e. The van der Waals surface area contributed by atoms with Crippen molar-refractivity contribution in [3.8, 4) is 11.3 Å². The maximum Gasteiger partial charge on any atom is 0.508 e. The number of hydrogen-bond donors (Lipinski definition) is 3. The van der Waals surface area contributed by atoms with Crippen molar-refractivity contribution in [2.45, 2.75) is 18.4 Å². The number of benzene rings is 2. The van der Waals surface area contributed by atoms with E-state index in [2.05, 4.69) is 4.98 Å². The molecule has 1 amide bonds. The number of carbonyl (C=O) groups is 2. The second-order valence-corrected chi connectivity index (χ2v) is 9.34. The molecule has 1 saturated heterocycles. The van der Waals surface area contributed by atoms with Crippen LogP contribution in [0.3, 0.4) is 0 Å². The van der Waals surface area contributed by atoms with Crippen LogP contribution in [0.1, 0.15) is 5.56 Å². The van der Waals surface area contributed by atoms with Gasteiger partial charge in [0.1, 0.15) is 6.61 Å². The van der Waals surface area contributed by atoms with E-state index in [9.17, 15) is 27.6 Å². The van der Waals surface area contributed by atoms with Gasteiger partial charge in [0.2, 0.25) is 0 Å². The standard InChI is InChI=1S/C28H29F3N2O10/c29-28(30,31)23-4-2-1-3-21(23)24-11-17-5-6-18(12-22(17)25(36)32-24)33-13-19(42-26(33)37)16-41-27(38)43-20(14-39-9-7-34)15-40-10-8-35/h1-6,11-12,19-20,34-35H,7-10,13-16H2,(H,32,36)/t19-/m0/s1. The number of nitrogens with zero attached hydrogens (tertiary/aromatic N) is 1. The molecular weight excluding hydrogens is 581 g/mol. The minimum atomic E-state index is -4.62. The Morgan fingerprint density at radius 2 is 1.74 bits per heavy atom. The molecule has 1 atom stereocenters. The highest BCUT2D eigenvalue weighted by molar-refractivity contribution is 5.94. The van der Waals surface area contributed by atoms with Crippen molar-refractivity contribution in [2.75, 3.05) is 57.7 Å². The van der Waals surface area contributed by atoms with Crippen LogP contribution in [0.25, 0.3) is 22.0 Å². The number of hydrogen-bond acceptors (Lipinski definition) is 10. The van der Waals surface area contributed by atoms with Gasteiger partial charge in [-0.25, -0.2) is 9.59 Å². The smallest absolute Gasteiger partial charge is 0.440 e. The lowest BCUT2D eigenvalue weighted by Gasteiger charge is -2.18. The average molecular weight is 611 g/mol. The number of alkyl halides is 3. The zero-order chi connectivity index (χ0) is 31.0. The number of anilines is 1. The van der Waals surface area contributed by atoms with Gasteiger partial charge in [-0.1, -0.05) is 24.3 Å². The zero-order valence-electron chi connectivity index (χ0n) is 22.7. The third-order valence-corrected chi connectivity index (χ3v) is 6.27. The zero-order valence-corrected chi connectivity index (χ0v) is 22.7. The van der Waals surface area contributed by atoms with Gasteiger partial charge in [0.05, 0.1) is 51.7 Å². The van der Waals surface area contributed by atoms with Crippen molar-refractivity contribution in [3.63, 3.8) is 0 Å². The first-order valence-corrected chi connectivity index (χ1v) is 13.1. The SMILES string of the molecule is O=C(OC[C@@H]1CN(c2ccc3cc(-c4ccccc4C(F)(F)F)[nH]c(=O)c3c2)C(=O)O1)OC(COCCO)COCCO. The minimum absolute atomic E-state index is 0.00925. The molecule has 232 valence electrons. The summed E-state index contributed by atoms with van der Waals surface area (Å²) in [5.41, 5.74) is -1.44. The molecule has 15 heteroatoms. The summed E-state index contributed by atoms with van der Waals surface area (Å²) in [6.45, 7) is -1.01. The first kappa shape index (κ1) is 31.7. The molecule has 4 rings (SSSR count). The number of aliphatic hydroxyl groups excluding tert-OH is 2. The molecule has 12 nitrogen and oxygen atoms in total. The summed E-state index contributed by atoms with van der Waals surface area (Å²) < 4.78 is 66.3. The van der Waals surface area contributed by atoms with Crippen LogP contribution in [0.5, 0.6) is 0 Å². The van der Waals surface area contributed by atoms with Gasteiger partial charge in [0, 0.05) is 22.3 Å². The van der Waals surface area contributed by atoms with Gasteiger partial charge in [0.25, 0.3) is 5.56 Å². The van der Waals surface area contributed by atoms with Crippen LogP contribution in [-0.2, 0) is 29.9 Å². The summed E-state index contributed by atoms with van der Waals surface area (Å²) in [5.74, 6) is 0. The van der Waals surface area contributed by atoms with E-state index >= 15 is 0 Å². The summed E-state index contributed by atoms with van der Waals surface area (Å²) in [5, 5.41) is 18.2. The fourth-order valence-corrected chi connectivity index (χ4v) is 4.35. The lowest BCUT2D eigenvalue weighted by molar-refractivity contribution is -0.137. The Balaban J connectivity index is 1.41. The van der Waals surface area contributed by atoms with Crippen molar-refractivity contribution in [2.24, 2.45) is 0 Å². The molecule has 1 aromatic heterocycles. The Morgan fingerprint density at radius 1 is 1.05 bits per heavy atom. The summed E-state index contributed by atoms with van der Waals surface area (Å²) in [6.07, 6.45) is -8.22. The molecule has 0 spiro atoms. The quantitative estimate of drug-likeness (QED) is 0.194. The van der Waals surface area contributed by atoms with E-state index in [4.69, 9.17) is 33.9 Å². The molecule has 1 aliphatic heterocycles. The Morgan fingerprint density at radius 3 is 2.42 bits per heavy atom. The fraction of sp³-hybridized carbons (Fsp3) is 0.393. The highest BCUT2D eigenvalue weighted by atomic mass is 19.4. The van der Waals surface area contributed by atoms with Gasteiger partial charge >= 0.3 is 18.4 Å². The van der Waals surface area contributed by atoms with Crippen molar-refractivity contribution in [1.82, 2.24) is 4.98 Å². The molecule has 3 aromatic rings. The number of rotatable bonds is 13. The average Bonchev–Trinajstić information content (AvgIpc) is 3.35. The molecule has 43 heavy (non-hydrogen) atoms. The highest BCUT2D eigenvalue weighted by Crippen LogP contribution is 2.36. The molecule has 0 unspecified atom stereocenters. The lowest BCUT2D eigenvalue weighted by atomic mass is 10.0. The van der Waals surface area contributed by atoms with E-state index in [0.717, 1.165) is 6.07 Å². The molecule has 0 saturated carbocycles. The van der Waals surface area contributed by atoms with Crippen LogP contribution < -0.4 is 10.5 Å². The summed E-state index contributed by atoms with van der Waals surface area (Å²) >= 11 is 0. The maximum absolute atomic E-state index is 13.5. The predicted molar refractivity (Wildman–Crippen MR) is 145 cm³/mol. The Bertz CT molecular complexity index is 1470. The number of nitrogens with one attached hydrogen (secondary N) is 1. The normalized spacial score (nSPS) is 15.3. The van der Waals surface area contributed by atoms with Gasteiger partial charge < -0.3 is 38.9 Å². The second-order valence-electron chi connectivity index (χ2n) is 9.34. The first-order valence-electron chi connectivity index (χ1n) is 13.1. The molecular formula is C28H29F3N2O10. The maximum atomic E-state index is 13.5. The number of amides is 1.